The summed E-state index contributed by atoms with van der Waals surface area (Å²) in [5.41, 5.74) is 2.23. The van der Waals surface area contributed by atoms with Crippen LogP contribution in [0, 0.1) is 0 Å². The maximum absolute atomic E-state index is 12.6. The van der Waals surface area contributed by atoms with Crippen molar-refractivity contribution in [3.05, 3.63) is 64.7 Å². The summed E-state index contributed by atoms with van der Waals surface area (Å²) >= 11 is 5.80. The van der Waals surface area contributed by atoms with Gasteiger partial charge in [0.2, 0.25) is 15.9 Å². The zero-order valence-electron chi connectivity index (χ0n) is 16.9. The van der Waals surface area contributed by atoms with E-state index in [4.69, 9.17) is 11.6 Å². The lowest BCUT2D eigenvalue weighted by Crippen LogP contribution is -2.39. The maximum Gasteiger partial charge on any atom is 0.243 e. The molecule has 152 valence electrons. The third-order valence-electron chi connectivity index (χ3n) is 4.54. The zero-order valence-corrected chi connectivity index (χ0v) is 18.4. The number of nitrogens with one attached hydrogen (secondary N) is 1. The molecule has 0 aliphatic heterocycles. The van der Waals surface area contributed by atoms with Crippen LogP contribution in [0.3, 0.4) is 0 Å². The Balaban J connectivity index is 2.01. The Bertz CT molecular complexity index is 918. The molecule has 1 N–H and O–H groups in total. The quantitative estimate of drug-likeness (QED) is 0.760. The summed E-state index contributed by atoms with van der Waals surface area (Å²) in [7, 11) is -2.38. The Kier molecular flexibility index (Phi) is 6.91. The molecule has 0 aliphatic carbocycles. The minimum absolute atomic E-state index is 0.0593. The van der Waals surface area contributed by atoms with Crippen molar-refractivity contribution in [2.75, 3.05) is 13.6 Å². The molecule has 2 rings (SSSR count). The molecule has 0 spiro atoms. The van der Waals surface area contributed by atoms with Gasteiger partial charge in [0, 0.05) is 12.1 Å². The van der Waals surface area contributed by atoms with Crippen LogP contribution in [0.5, 0.6) is 0 Å². The Labute approximate surface area is 172 Å². The van der Waals surface area contributed by atoms with E-state index in [1.54, 1.807) is 0 Å². The highest BCUT2D eigenvalue weighted by Gasteiger charge is 2.23. The molecule has 2 aromatic rings. The summed E-state index contributed by atoms with van der Waals surface area (Å²) in [6.45, 7) is 8.03. The second-order valence-electron chi connectivity index (χ2n) is 7.88. The summed E-state index contributed by atoms with van der Waals surface area (Å²) in [6.07, 6.45) is 0. The fourth-order valence-corrected chi connectivity index (χ4v) is 3.97. The molecule has 0 fully saturated rings. The Morgan fingerprint density at radius 3 is 2.11 bits per heavy atom. The predicted molar refractivity (Wildman–Crippen MR) is 113 cm³/mol. The number of rotatable bonds is 6. The lowest BCUT2D eigenvalue weighted by atomic mass is 9.86. The SMILES string of the molecule is CC(NC(=O)CN(C)S(=O)(=O)c1ccc(Cl)cc1)c1ccc(C(C)(C)C)cc1. The third kappa shape index (κ3) is 5.56. The number of nitrogens with zero attached hydrogens (tertiary/aromatic N) is 1. The standard InChI is InChI=1S/C21H27ClN2O3S/c1-15(16-6-8-17(9-7-16)21(2,3)4)23-20(25)14-24(5)28(26,27)19-12-10-18(22)11-13-19/h6-13,15H,14H2,1-5H3,(H,23,25). The first-order valence-corrected chi connectivity index (χ1v) is 10.8. The van der Waals surface area contributed by atoms with Crippen molar-refractivity contribution in [2.24, 2.45) is 0 Å². The number of hydrogen-bond acceptors (Lipinski definition) is 3. The van der Waals surface area contributed by atoms with Gasteiger partial charge in [-0.1, -0.05) is 56.6 Å². The summed E-state index contributed by atoms with van der Waals surface area (Å²) in [6, 6.07) is 13.7. The van der Waals surface area contributed by atoms with Crippen LogP contribution in [0.15, 0.2) is 53.4 Å². The molecule has 2 aromatic carbocycles. The number of amides is 1. The molecule has 1 unspecified atom stereocenters. The number of hydrogen-bond donors (Lipinski definition) is 1. The number of halogens is 1. The molecule has 0 saturated heterocycles. The van der Waals surface area contributed by atoms with Gasteiger partial charge in [-0.05, 0) is 47.7 Å². The minimum atomic E-state index is -3.76. The molecular formula is C21H27ClN2O3S. The summed E-state index contributed by atoms with van der Waals surface area (Å²) in [4.78, 5) is 12.5. The lowest BCUT2D eigenvalue weighted by Gasteiger charge is -2.22. The van der Waals surface area contributed by atoms with E-state index in [0.717, 1.165) is 9.87 Å². The van der Waals surface area contributed by atoms with Gasteiger partial charge in [-0.25, -0.2) is 8.42 Å². The Morgan fingerprint density at radius 1 is 1.07 bits per heavy atom. The molecule has 0 radical (unpaired) electrons. The molecule has 1 amide bonds. The average molecular weight is 423 g/mol. The van der Waals surface area contributed by atoms with E-state index in [2.05, 4.69) is 38.2 Å². The topological polar surface area (TPSA) is 66.5 Å². The van der Waals surface area contributed by atoms with E-state index in [-0.39, 0.29) is 28.8 Å². The zero-order chi connectivity index (χ0) is 21.1. The van der Waals surface area contributed by atoms with E-state index < -0.39 is 10.0 Å². The molecule has 28 heavy (non-hydrogen) atoms. The highest BCUT2D eigenvalue weighted by atomic mass is 35.5. The van der Waals surface area contributed by atoms with Crippen LogP contribution in [-0.4, -0.2) is 32.2 Å². The first kappa shape index (κ1) is 22.4. The van der Waals surface area contributed by atoms with Gasteiger partial charge >= 0.3 is 0 Å². The van der Waals surface area contributed by atoms with E-state index in [1.807, 2.05) is 19.1 Å². The summed E-state index contributed by atoms with van der Waals surface area (Å²) < 4.78 is 26.2. The Morgan fingerprint density at radius 2 is 1.61 bits per heavy atom. The van der Waals surface area contributed by atoms with E-state index in [1.165, 1.54) is 36.9 Å². The molecule has 0 aliphatic rings. The van der Waals surface area contributed by atoms with Crippen LogP contribution in [-0.2, 0) is 20.2 Å². The number of carbonyl (C=O) groups is 1. The predicted octanol–water partition coefficient (Wildman–Crippen LogP) is 4.14. The molecule has 0 bridgehead atoms. The van der Waals surface area contributed by atoms with Crippen molar-refractivity contribution in [3.63, 3.8) is 0 Å². The number of sulfonamides is 1. The van der Waals surface area contributed by atoms with Crippen molar-refractivity contribution < 1.29 is 13.2 Å². The molecule has 7 heteroatoms. The fraction of sp³-hybridized carbons (Fsp3) is 0.381. The molecule has 5 nitrogen and oxygen atoms in total. The van der Waals surface area contributed by atoms with Crippen molar-refractivity contribution in [2.45, 2.75) is 44.0 Å². The highest BCUT2D eigenvalue weighted by molar-refractivity contribution is 7.89. The van der Waals surface area contributed by atoms with Gasteiger partial charge in [0.1, 0.15) is 0 Å². The van der Waals surface area contributed by atoms with Gasteiger partial charge in [-0.15, -0.1) is 0 Å². The van der Waals surface area contributed by atoms with Gasteiger partial charge in [-0.2, -0.15) is 4.31 Å². The lowest BCUT2D eigenvalue weighted by molar-refractivity contribution is -0.121. The Hall–Kier alpha value is -1.89. The van der Waals surface area contributed by atoms with Gasteiger partial charge in [0.25, 0.3) is 0 Å². The molecular weight excluding hydrogens is 396 g/mol. The van der Waals surface area contributed by atoms with Crippen molar-refractivity contribution in [3.8, 4) is 0 Å². The average Bonchev–Trinajstić information content (AvgIpc) is 2.61. The van der Waals surface area contributed by atoms with Crippen molar-refractivity contribution >= 4 is 27.5 Å². The number of carbonyl (C=O) groups excluding carboxylic acids is 1. The second kappa shape index (κ2) is 8.64. The van der Waals surface area contributed by atoms with Crippen LogP contribution in [0.25, 0.3) is 0 Å². The normalized spacial score (nSPS) is 13.4. The first-order valence-electron chi connectivity index (χ1n) is 9.03. The monoisotopic (exact) mass is 422 g/mol. The van der Waals surface area contributed by atoms with Gasteiger partial charge in [0.15, 0.2) is 0 Å². The minimum Gasteiger partial charge on any atom is -0.348 e. The van der Waals surface area contributed by atoms with Crippen LogP contribution < -0.4 is 5.32 Å². The smallest absolute Gasteiger partial charge is 0.243 e. The molecule has 0 saturated carbocycles. The van der Waals surface area contributed by atoms with Gasteiger partial charge in [-0.3, -0.25) is 4.79 Å². The van der Waals surface area contributed by atoms with Gasteiger partial charge < -0.3 is 5.32 Å². The van der Waals surface area contributed by atoms with E-state index in [0.29, 0.717) is 5.02 Å². The largest absolute Gasteiger partial charge is 0.348 e. The fourth-order valence-electron chi connectivity index (χ4n) is 2.72. The second-order valence-corrected chi connectivity index (χ2v) is 10.4. The molecule has 1 atom stereocenters. The van der Waals surface area contributed by atoms with Crippen LogP contribution in [0.1, 0.15) is 44.9 Å². The van der Waals surface area contributed by atoms with Crippen molar-refractivity contribution in [1.82, 2.24) is 9.62 Å². The first-order chi connectivity index (χ1) is 12.9. The van der Waals surface area contributed by atoms with Crippen molar-refractivity contribution in [1.29, 1.82) is 0 Å². The third-order valence-corrected chi connectivity index (χ3v) is 6.61. The maximum atomic E-state index is 12.6. The number of benzene rings is 2. The summed E-state index contributed by atoms with van der Waals surface area (Å²) in [5, 5.41) is 3.30. The highest BCUT2D eigenvalue weighted by Crippen LogP contribution is 2.24. The van der Waals surface area contributed by atoms with Gasteiger partial charge in [0.05, 0.1) is 17.5 Å². The molecule has 0 aromatic heterocycles. The van der Waals surface area contributed by atoms with Crippen LogP contribution in [0.2, 0.25) is 5.02 Å². The summed E-state index contributed by atoms with van der Waals surface area (Å²) in [5.74, 6) is -0.368. The number of likely N-dealkylation sites (N-methyl/N-ethyl adjacent to an activating group) is 1. The van der Waals surface area contributed by atoms with Crippen LogP contribution >= 0.6 is 11.6 Å². The van der Waals surface area contributed by atoms with Crippen LogP contribution in [0.4, 0.5) is 0 Å². The molecule has 0 heterocycles. The van der Waals surface area contributed by atoms with E-state index in [9.17, 15) is 13.2 Å². The van der Waals surface area contributed by atoms with E-state index >= 15 is 0 Å².